The van der Waals surface area contributed by atoms with E-state index >= 15 is 0 Å². The summed E-state index contributed by atoms with van der Waals surface area (Å²) in [5.41, 5.74) is -0.388. The number of hydrogen-bond donors (Lipinski definition) is 2. The molecule has 0 unspecified atom stereocenters. The zero-order valence-corrected chi connectivity index (χ0v) is 19.1. The van der Waals surface area contributed by atoms with Crippen molar-refractivity contribution in [1.29, 1.82) is 0 Å². The van der Waals surface area contributed by atoms with Crippen LogP contribution in [0.1, 0.15) is 53.7 Å². The molecule has 2 N–H and O–H groups in total. The van der Waals surface area contributed by atoms with E-state index in [9.17, 15) is 14.7 Å². The number of aliphatic hydroxyl groups excluding tert-OH is 1. The number of aromatic nitrogens is 3. The van der Waals surface area contributed by atoms with Crippen LogP contribution in [0.4, 0.5) is 15.4 Å². The first kappa shape index (κ1) is 23.7. The van der Waals surface area contributed by atoms with E-state index in [1.807, 2.05) is 6.92 Å². The van der Waals surface area contributed by atoms with Gasteiger partial charge in [-0.25, -0.2) is 19.1 Å². The third-order valence-electron chi connectivity index (χ3n) is 4.75. The van der Waals surface area contributed by atoms with Gasteiger partial charge < -0.3 is 24.1 Å². The van der Waals surface area contributed by atoms with E-state index in [4.69, 9.17) is 18.9 Å². The van der Waals surface area contributed by atoms with Crippen LogP contribution in [0.3, 0.4) is 0 Å². The van der Waals surface area contributed by atoms with Gasteiger partial charge in [0.2, 0.25) is 0 Å². The third kappa shape index (κ3) is 5.46. The summed E-state index contributed by atoms with van der Waals surface area (Å²) in [5, 5.41) is 17.4. The Bertz CT molecular complexity index is 984. The molecule has 3 atom stereocenters. The van der Waals surface area contributed by atoms with Crippen LogP contribution in [-0.4, -0.2) is 62.5 Å². The third-order valence-corrected chi connectivity index (χ3v) is 4.75. The van der Waals surface area contributed by atoms with Crippen molar-refractivity contribution in [2.75, 3.05) is 11.9 Å². The van der Waals surface area contributed by atoms with E-state index in [1.54, 1.807) is 51.3 Å². The molecule has 0 aliphatic carbocycles. The Kier molecular flexibility index (Phi) is 6.61. The van der Waals surface area contributed by atoms with E-state index in [0.717, 1.165) is 0 Å². The normalized spacial score (nSPS) is 23.4. The van der Waals surface area contributed by atoms with Gasteiger partial charge in [-0.3, -0.25) is 5.32 Å². The molecule has 3 heterocycles. The first-order valence-corrected chi connectivity index (χ1v) is 10.4. The van der Waals surface area contributed by atoms with E-state index in [-0.39, 0.29) is 24.9 Å². The van der Waals surface area contributed by atoms with Crippen molar-refractivity contribution in [3.63, 3.8) is 0 Å². The lowest BCUT2D eigenvalue weighted by molar-refractivity contribution is -0.0803. The maximum atomic E-state index is 12.2. The fourth-order valence-corrected chi connectivity index (χ4v) is 3.51. The summed E-state index contributed by atoms with van der Waals surface area (Å²) in [4.78, 5) is 27.9. The topological polar surface area (TPSA) is 134 Å². The quantitative estimate of drug-likeness (QED) is 0.659. The molecule has 1 amide bonds. The van der Waals surface area contributed by atoms with Crippen LogP contribution in [-0.2, 0) is 24.5 Å². The Morgan fingerprint density at radius 3 is 2.75 bits per heavy atom. The van der Waals surface area contributed by atoms with Crippen molar-refractivity contribution in [1.82, 2.24) is 14.6 Å². The van der Waals surface area contributed by atoms with Crippen molar-refractivity contribution < 1.29 is 33.6 Å². The summed E-state index contributed by atoms with van der Waals surface area (Å²) >= 11 is 0. The summed E-state index contributed by atoms with van der Waals surface area (Å²) in [5.74, 6) is 0.277. The van der Waals surface area contributed by atoms with Crippen LogP contribution in [0.5, 0.6) is 0 Å². The lowest BCUT2D eigenvalue weighted by Crippen LogP contribution is -2.30. The number of hydrogen-bond acceptors (Lipinski definition) is 9. The molecular formula is C21H30N4O7. The minimum Gasteiger partial charge on any atom is -0.444 e. The van der Waals surface area contributed by atoms with Crippen LogP contribution in [0.25, 0.3) is 5.52 Å². The van der Waals surface area contributed by atoms with Gasteiger partial charge in [-0.05, 0) is 53.7 Å². The molecule has 1 saturated heterocycles. The Labute approximate surface area is 186 Å². The zero-order chi connectivity index (χ0) is 23.7. The van der Waals surface area contributed by atoms with Gasteiger partial charge in [0, 0.05) is 6.42 Å². The molecule has 1 aliphatic heterocycles. The fraction of sp³-hybridized carbons (Fsp3) is 0.619. The van der Waals surface area contributed by atoms with Gasteiger partial charge >= 0.3 is 12.2 Å². The van der Waals surface area contributed by atoms with Gasteiger partial charge in [-0.1, -0.05) is 0 Å². The number of nitrogens with one attached hydrogen (secondary N) is 1. The van der Waals surface area contributed by atoms with Crippen molar-refractivity contribution in [2.24, 2.45) is 0 Å². The molecule has 11 heteroatoms. The number of anilines is 1. The Balaban J connectivity index is 1.76. The predicted octanol–water partition coefficient (Wildman–Crippen LogP) is 3.00. The van der Waals surface area contributed by atoms with Crippen LogP contribution in [0.2, 0.25) is 0 Å². The number of carbonyl (C=O) groups is 2. The van der Waals surface area contributed by atoms with Crippen LogP contribution < -0.4 is 5.32 Å². The number of aliphatic hydroxyl groups is 1. The number of fused-ring (bicyclic) bond motifs is 1. The smallest absolute Gasteiger partial charge is 0.444 e. The van der Waals surface area contributed by atoms with Gasteiger partial charge in [0.1, 0.15) is 35.8 Å². The maximum Gasteiger partial charge on any atom is 0.508 e. The maximum absolute atomic E-state index is 12.2. The first-order chi connectivity index (χ1) is 14.9. The molecule has 0 bridgehead atoms. The van der Waals surface area contributed by atoms with Gasteiger partial charge in [0.15, 0.2) is 5.82 Å². The molecule has 0 aromatic carbocycles. The number of carbonyl (C=O) groups excluding carboxylic acids is 2. The summed E-state index contributed by atoms with van der Waals surface area (Å²) in [6.07, 6.45) is -1.79. The second-order valence-electron chi connectivity index (χ2n) is 9.14. The standard InChI is InChI=1S/C21H30N4O7/c1-12(2)30-19(28)29-10-15-14(26)9-21(6,31-15)16-8-7-13-17(22-11-23-25(13)16)24-18(27)32-20(3,4)5/h7-8,11-12,14-15,26H,9-10H2,1-6H3,(H,22,23,24,27)/t14-,15+,21+/m0/s1. The minimum atomic E-state index is -0.917. The van der Waals surface area contributed by atoms with Crippen molar-refractivity contribution >= 4 is 23.6 Å². The highest BCUT2D eigenvalue weighted by atomic mass is 16.7. The molecule has 0 spiro atoms. The highest BCUT2D eigenvalue weighted by Crippen LogP contribution is 2.40. The predicted molar refractivity (Wildman–Crippen MR) is 113 cm³/mol. The van der Waals surface area contributed by atoms with E-state index in [0.29, 0.717) is 11.2 Å². The molecule has 1 aliphatic rings. The highest BCUT2D eigenvalue weighted by molar-refractivity contribution is 5.88. The number of ether oxygens (including phenoxy) is 4. The molecule has 0 radical (unpaired) electrons. The summed E-state index contributed by atoms with van der Waals surface area (Å²) in [7, 11) is 0. The molecule has 11 nitrogen and oxygen atoms in total. The second-order valence-corrected chi connectivity index (χ2v) is 9.14. The lowest BCUT2D eigenvalue weighted by Gasteiger charge is -2.24. The molecule has 176 valence electrons. The van der Waals surface area contributed by atoms with Crippen LogP contribution in [0, 0.1) is 0 Å². The van der Waals surface area contributed by atoms with Crippen LogP contribution >= 0.6 is 0 Å². The number of amides is 1. The molecule has 3 rings (SSSR count). The molecule has 2 aromatic heterocycles. The van der Waals surface area contributed by atoms with Gasteiger partial charge in [0.25, 0.3) is 0 Å². The molecule has 0 saturated carbocycles. The molecule has 1 fully saturated rings. The Morgan fingerprint density at radius 2 is 2.09 bits per heavy atom. The average Bonchev–Trinajstić information content (AvgIpc) is 3.20. The number of nitrogens with zero attached hydrogens (tertiary/aromatic N) is 3. The summed E-state index contributed by atoms with van der Waals surface area (Å²) < 4.78 is 23.0. The number of rotatable bonds is 5. The van der Waals surface area contributed by atoms with E-state index < -0.39 is 35.7 Å². The van der Waals surface area contributed by atoms with Gasteiger partial charge in [-0.15, -0.1) is 0 Å². The zero-order valence-electron chi connectivity index (χ0n) is 19.1. The summed E-state index contributed by atoms with van der Waals surface area (Å²) in [6.45, 7) is 10.4. The highest BCUT2D eigenvalue weighted by Gasteiger charge is 2.46. The summed E-state index contributed by atoms with van der Waals surface area (Å²) in [6, 6.07) is 3.53. The molecule has 32 heavy (non-hydrogen) atoms. The van der Waals surface area contributed by atoms with Gasteiger partial charge in [-0.2, -0.15) is 5.10 Å². The van der Waals surface area contributed by atoms with Crippen LogP contribution in [0.15, 0.2) is 18.5 Å². The van der Waals surface area contributed by atoms with Crippen molar-refractivity contribution in [2.45, 2.75) is 77.5 Å². The Morgan fingerprint density at radius 1 is 1.38 bits per heavy atom. The average molecular weight is 450 g/mol. The first-order valence-electron chi connectivity index (χ1n) is 10.4. The molecular weight excluding hydrogens is 420 g/mol. The van der Waals surface area contributed by atoms with E-state index in [1.165, 1.54) is 6.33 Å². The molecule has 2 aromatic rings. The Hall–Kier alpha value is -2.92. The monoisotopic (exact) mass is 450 g/mol. The SMILES string of the molecule is CC(C)OC(=O)OC[C@H]1O[C@@](C)(c2ccc3c(NC(=O)OC(C)(C)C)ncnn23)C[C@@H]1O. The van der Waals surface area contributed by atoms with Crippen molar-refractivity contribution in [3.05, 3.63) is 24.2 Å². The van der Waals surface area contributed by atoms with E-state index in [2.05, 4.69) is 15.4 Å². The fourth-order valence-electron chi connectivity index (χ4n) is 3.51. The minimum absolute atomic E-state index is 0.147. The van der Waals surface area contributed by atoms with Gasteiger partial charge in [0.05, 0.1) is 17.9 Å². The second kappa shape index (κ2) is 8.91. The lowest BCUT2D eigenvalue weighted by atomic mass is 9.97. The van der Waals surface area contributed by atoms with Crippen molar-refractivity contribution in [3.8, 4) is 0 Å². The largest absolute Gasteiger partial charge is 0.508 e.